The van der Waals surface area contributed by atoms with Gasteiger partial charge in [0.25, 0.3) is 0 Å². The number of carboxylic acid groups (broad SMARTS) is 1. The Balaban J connectivity index is 3.90. The van der Waals surface area contributed by atoms with Gasteiger partial charge in [-0.3, -0.25) is 4.79 Å². The summed E-state index contributed by atoms with van der Waals surface area (Å²) in [6, 6.07) is 0. The van der Waals surface area contributed by atoms with Crippen LogP contribution in [0, 0.1) is 0 Å². The Morgan fingerprint density at radius 1 is 1.64 bits per heavy atom. The van der Waals surface area contributed by atoms with E-state index < -0.39 is 22.8 Å². The first-order valence-corrected chi connectivity index (χ1v) is 4.06. The number of halogens is 1. The Hall–Kier alpha value is -0.690. The molecule has 0 heterocycles. The van der Waals surface area contributed by atoms with Crippen LogP contribution in [0.25, 0.3) is 0 Å². The van der Waals surface area contributed by atoms with Crippen molar-refractivity contribution in [3.05, 3.63) is 0 Å². The zero-order valence-corrected chi connectivity index (χ0v) is 6.64. The molecule has 1 N–H and O–H groups in total. The first-order chi connectivity index (χ1) is 4.84. The summed E-state index contributed by atoms with van der Waals surface area (Å²) >= 11 is 0. The Bertz CT molecular complexity index is 236. The van der Waals surface area contributed by atoms with Gasteiger partial charge in [0.15, 0.2) is 0 Å². The summed E-state index contributed by atoms with van der Waals surface area (Å²) in [6.07, 6.45) is -0.403. The molecule has 0 spiro atoms. The van der Waals surface area contributed by atoms with E-state index in [1.54, 1.807) is 0 Å². The van der Waals surface area contributed by atoms with Crippen LogP contribution < -0.4 is 0 Å². The highest BCUT2D eigenvalue weighted by atomic mass is 32.3. The lowest BCUT2D eigenvalue weighted by Gasteiger charge is -2.07. The number of aliphatic carboxylic acids is 1. The fraction of sp³-hybridized carbons (Fsp3) is 0.750. The molecule has 0 radical (unpaired) electrons. The van der Waals surface area contributed by atoms with Gasteiger partial charge in [-0.1, -0.05) is 3.89 Å². The van der Waals surface area contributed by atoms with Crippen molar-refractivity contribution in [2.45, 2.75) is 6.42 Å². The SMILES string of the molecule is CN(CCC(=O)O)S(=O)(=O)F. The number of nitrogens with zero attached hydrogens (tertiary/aromatic N) is 1. The van der Waals surface area contributed by atoms with Crippen molar-refractivity contribution in [3.8, 4) is 0 Å². The minimum atomic E-state index is -4.73. The van der Waals surface area contributed by atoms with Crippen molar-refractivity contribution in [2.24, 2.45) is 0 Å². The summed E-state index contributed by atoms with van der Waals surface area (Å²) in [4.78, 5) is 9.89. The smallest absolute Gasteiger partial charge is 0.374 e. The third kappa shape index (κ3) is 4.68. The standard InChI is InChI=1S/C4H8FNO4S/c1-6(11(5,9)10)3-2-4(7)8/h2-3H2,1H3,(H,7,8). The summed E-state index contributed by atoms with van der Waals surface area (Å²) in [7, 11) is -3.76. The molecular weight excluding hydrogens is 177 g/mol. The van der Waals surface area contributed by atoms with Crippen LogP contribution in [0.2, 0.25) is 0 Å². The molecule has 0 atom stereocenters. The summed E-state index contributed by atoms with van der Waals surface area (Å²) in [5.74, 6) is -1.17. The van der Waals surface area contributed by atoms with E-state index in [2.05, 4.69) is 0 Å². The molecule has 0 rings (SSSR count). The topological polar surface area (TPSA) is 74.7 Å². The van der Waals surface area contributed by atoms with E-state index in [0.29, 0.717) is 4.31 Å². The van der Waals surface area contributed by atoms with Crippen molar-refractivity contribution < 1.29 is 22.2 Å². The fourth-order valence-corrected chi connectivity index (χ4v) is 0.671. The van der Waals surface area contributed by atoms with E-state index >= 15 is 0 Å². The van der Waals surface area contributed by atoms with Crippen LogP contribution in [0.1, 0.15) is 6.42 Å². The molecule has 11 heavy (non-hydrogen) atoms. The average molecular weight is 185 g/mol. The Labute approximate surface area is 63.8 Å². The summed E-state index contributed by atoms with van der Waals surface area (Å²) in [5.41, 5.74) is 0. The third-order valence-electron chi connectivity index (χ3n) is 1.01. The van der Waals surface area contributed by atoms with Gasteiger partial charge in [0.05, 0.1) is 6.42 Å². The van der Waals surface area contributed by atoms with Crippen molar-refractivity contribution in [1.82, 2.24) is 4.31 Å². The fourth-order valence-electron chi connectivity index (χ4n) is 0.362. The molecule has 0 aliphatic carbocycles. The second-order valence-corrected chi connectivity index (χ2v) is 3.35. The quantitative estimate of drug-likeness (QED) is 0.605. The molecule has 0 amide bonds. The molecule has 66 valence electrons. The predicted octanol–water partition coefficient (Wildman–Crippen LogP) is -0.393. The van der Waals surface area contributed by atoms with Gasteiger partial charge in [0.1, 0.15) is 0 Å². The summed E-state index contributed by atoms with van der Waals surface area (Å²) < 4.78 is 32.3. The maximum Gasteiger partial charge on any atom is 0.374 e. The molecule has 0 aromatic rings. The lowest BCUT2D eigenvalue weighted by Crippen LogP contribution is -2.25. The lowest BCUT2D eigenvalue weighted by atomic mass is 10.4. The highest BCUT2D eigenvalue weighted by molar-refractivity contribution is 7.83. The lowest BCUT2D eigenvalue weighted by molar-refractivity contribution is -0.137. The van der Waals surface area contributed by atoms with Gasteiger partial charge in [-0.2, -0.15) is 12.7 Å². The van der Waals surface area contributed by atoms with Gasteiger partial charge < -0.3 is 5.11 Å². The minimum absolute atomic E-state index is 0.334. The highest BCUT2D eigenvalue weighted by Gasteiger charge is 2.15. The molecule has 0 unspecified atom stereocenters. The zero-order chi connectivity index (χ0) is 9.07. The van der Waals surface area contributed by atoms with Gasteiger partial charge in [0.2, 0.25) is 0 Å². The second kappa shape index (κ2) is 3.63. The molecule has 0 aliphatic heterocycles. The van der Waals surface area contributed by atoms with Crippen LogP contribution in [0.4, 0.5) is 3.89 Å². The van der Waals surface area contributed by atoms with Crippen molar-refractivity contribution in [2.75, 3.05) is 13.6 Å². The van der Waals surface area contributed by atoms with Crippen LogP contribution >= 0.6 is 0 Å². The van der Waals surface area contributed by atoms with Crippen LogP contribution in [0.3, 0.4) is 0 Å². The van der Waals surface area contributed by atoms with Crippen LogP contribution in [-0.4, -0.2) is 37.4 Å². The Kier molecular flexibility index (Phi) is 3.40. The molecule has 0 saturated heterocycles. The predicted molar refractivity (Wildman–Crippen MR) is 34.9 cm³/mol. The van der Waals surface area contributed by atoms with Gasteiger partial charge >= 0.3 is 16.4 Å². The van der Waals surface area contributed by atoms with Gasteiger partial charge in [-0.15, -0.1) is 0 Å². The Morgan fingerprint density at radius 2 is 2.09 bits per heavy atom. The number of rotatable bonds is 4. The monoisotopic (exact) mass is 185 g/mol. The first-order valence-electron chi connectivity index (χ1n) is 2.71. The second-order valence-electron chi connectivity index (χ2n) is 1.91. The Morgan fingerprint density at radius 3 is 2.36 bits per heavy atom. The molecule has 7 heteroatoms. The highest BCUT2D eigenvalue weighted by Crippen LogP contribution is 1.98. The van der Waals surface area contributed by atoms with Crippen molar-refractivity contribution in [3.63, 3.8) is 0 Å². The zero-order valence-electron chi connectivity index (χ0n) is 5.82. The van der Waals surface area contributed by atoms with E-state index in [9.17, 15) is 17.1 Å². The van der Waals surface area contributed by atoms with E-state index in [1.807, 2.05) is 0 Å². The van der Waals surface area contributed by atoms with E-state index in [-0.39, 0.29) is 6.54 Å². The van der Waals surface area contributed by atoms with E-state index in [1.165, 1.54) is 0 Å². The maximum atomic E-state index is 11.9. The molecule has 0 aromatic heterocycles. The van der Waals surface area contributed by atoms with Gasteiger partial charge in [-0.05, 0) is 0 Å². The van der Waals surface area contributed by atoms with Gasteiger partial charge in [-0.25, -0.2) is 0 Å². The van der Waals surface area contributed by atoms with Crippen molar-refractivity contribution >= 4 is 16.4 Å². The number of carbonyl (C=O) groups is 1. The minimum Gasteiger partial charge on any atom is -0.481 e. The van der Waals surface area contributed by atoms with E-state index in [0.717, 1.165) is 7.05 Å². The molecular formula is C4H8FNO4S. The van der Waals surface area contributed by atoms with Crippen LogP contribution in [-0.2, 0) is 15.2 Å². The largest absolute Gasteiger partial charge is 0.481 e. The average Bonchev–Trinajstić information content (AvgIpc) is 1.80. The summed E-state index contributed by atoms with van der Waals surface area (Å²) in [6.45, 7) is -0.353. The molecule has 0 fully saturated rings. The summed E-state index contributed by atoms with van der Waals surface area (Å²) in [5, 5.41) is 8.08. The number of carboxylic acids is 1. The molecule has 5 nitrogen and oxygen atoms in total. The van der Waals surface area contributed by atoms with Crippen LogP contribution in [0.15, 0.2) is 0 Å². The third-order valence-corrected chi connectivity index (χ3v) is 1.94. The maximum absolute atomic E-state index is 11.9. The van der Waals surface area contributed by atoms with E-state index in [4.69, 9.17) is 5.11 Å². The van der Waals surface area contributed by atoms with Gasteiger partial charge in [0, 0.05) is 13.6 Å². The first kappa shape index (κ1) is 10.3. The number of hydrogen-bond donors (Lipinski definition) is 1. The normalized spacial score (nSPS) is 11.9. The molecule has 0 aliphatic rings. The number of hydrogen-bond acceptors (Lipinski definition) is 3. The molecule has 0 bridgehead atoms. The van der Waals surface area contributed by atoms with Crippen molar-refractivity contribution in [1.29, 1.82) is 0 Å². The molecule has 0 saturated carbocycles. The van der Waals surface area contributed by atoms with Crippen LogP contribution in [0.5, 0.6) is 0 Å². The molecule has 0 aromatic carbocycles.